The van der Waals surface area contributed by atoms with E-state index in [4.69, 9.17) is 4.74 Å². The zero-order valence-corrected chi connectivity index (χ0v) is 20.2. The van der Waals surface area contributed by atoms with E-state index in [9.17, 15) is 18.4 Å². The molecule has 5 rings (SSSR count). The molecule has 2 N–H and O–H groups in total. The smallest absolute Gasteiger partial charge is 0.253 e. The van der Waals surface area contributed by atoms with Gasteiger partial charge in [0.15, 0.2) is 23.0 Å². The number of pyridine rings is 1. The third-order valence-corrected chi connectivity index (χ3v) is 5.93. The summed E-state index contributed by atoms with van der Waals surface area (Å²) in [5.41, 5.74) is 2.82. The summed E-state index contributed by atoms with van der Waals surface area (Å²) in [4.78, 5) is 32.9. The zero-order valence-electron chi connectivity index (χ0n) is 20.2. The van der Waals surface area contributed by atoms with Crippen molar-refractivity contribution < 1.29 is 23.1 Å². The number of hydrogen-bond acceptors (Lipinski definition) is 6. The maximum Gasteiger partial charge on any atom is 0.253 e. The Balaban J connectivity index is 1.35. The van der Waals surface area contributed by atoms with Gasteiger partial charge < -0.3 is 15.4 Å². The average Bonchev–Trinajstić information content (AvgIpc) is 3.59. The van der Waals surface area contributed by atoms with Gasteiger partial charge in [-0.2, -0.15) is 5.10 Å². The van der Waals surface area contributed by atoms with Gasteiger partial charge in [-0.25, -0.2) is 18.3 Å². The lowest BCUT2D eigenvalue weighted by molar-refractivity contribution is -0.114. The fourth-order valence-corrected chi connectivity index (χ4v) is 3.85. The molecule has 1 aromatic carbocycles. The van der Waals surface area contributed by atoms with E-state index in [1.807, 2.05) is 0 Å². The topological polar surface area (TPSA) is 111 Å². The molecule has 9 nitrogen and oxygen atoms in total. The van der Waals surface area contributed by atoms with Gasteiger partial charge >= 0.3 is 0 Å². The van der Waals surface area contributed by atoms with Crippen LogP contribution in [0.2, 0.25) is 0 Å². The summed E-state index contributed by atoms with van der Waals surface area (Å²) >= 11 is 0. The summed E-state index contributed by atoms with van der Waals surface area (Å²) in [6, 6.07) is 7.05. The minimum atomic E-state index is -0.799. The number of fused-ring (bicyclic) bond motifs is 1. The summed E-state index contributed by atoms with van der Waals surface area (Å²) in [6.45, 7) is 3.41. The van der Waals surface area contributed by atoms with Crippen molar-refractivity contribution in [2.24, 2.45) is 5.92 Å². The Bertz CT molecular complexity index is 1520. The molecule has 1 fully saturated rings. The molecule has 1 aliphatic carbocycles. The molecule has 0 bridgehead atoms. The number of carbonyl (C=O) groups excluding carboxylic acids is 2. The minimum absolute atomic E-state index is 0.0483. The second-order valence-electron chi connectivity index (χ2n) is 9.00. The van der Waals surface area contributed by atoms with Gasteiger partial charge in [-0.05, 0) is 49.9 Å². The highest BCUT2D eigenvalue weighted by molar-refractivity contribution is 5.95. The van der Waals surface area contributed by atoms with Crippen molar-refractivity contribution in [1.82, 2.24) is 24.9 Å². The number of ether oxygens (including phenoxy) is 1. The number of aryl methyl sites for hydroxylation is 1. The number of benzene rings is 1. The number of aromatic nitrogens is 4. The second-order valence-corrected chi connectivity index (χ2v) is 9.00. The third kappa shape index (κ3) is 5.55. The van der Waals surface area contributed by atoms with Crippen molar-refractivity contribution in [3.63, 3.8) is 0 Å². The number of nitrogens with one attached hydrogen (secondary N) is 2. The number of hydrogen-bond donors (Lipinski definition) is 2. The molecule has 11 heteroatoms. The summed E-state index contributed by atoms with van der Waals surface area (Å²) < 4.78 is 35.4. The van der Waals surface area contributed by atoms with E-state index >= 15 is 0 Å². The molecule has 0 radical (unpaired) electrons. The Kier molecular flexibility index (Phi) is 6.51. The molecular formula is C26H24F2N6O3. The standard InChI is InChI=1S/C26H24F2N6O3/c1-14-20(22-5-6-24-32-23(31-15(2)35)12-34(24)33-22)8-18(11-29-14)26(36)30-10-17-7-19(27)9-21(28)25(17)37-13-16-3-4-16/h5-9,11-12,16H,3-4,10,13H2,1-2H3,(H,30,36)(H,31,35). The number of nitrogens with zero attached hydrogens (tertiary/aromatic N) is 4. The second kappa shape index (κ2) is 9.92. The molecule has 3 heterocycles. The van der Waals surface area contributed by atoms with Crippen LogP contribution in [0.5, 0.6) is 5.75 Å². The van der Waals surface area contributed by atoms with Crippen LogP contribution in [0.1, 0.15) is 41.4 Å². The predicted molar refractivity (Wildman–Crippen MR) is 131 cm³/mol. The van der Waals surface area contributed by atoms with Crippen LogP contribution in [0.25, 0.3) is 16.9 Å². The van der Waals surface area contributed by atoms with Gasteiger partial charge in [0, 0.05) is 42.6 Å². The highest BCUT2D eigenvalue weighted by Gasteiger charge is 2.24. The van der Waals surface area contributed by atoms with Gasteiger partial charge in [-0.15, -0.1) is 0 Å². The molecule has 190 valence electrons. The van der Waals surface area contributed by atoms with Crippen molar-refractivity contribution in [2.75, 3.05) is 11.9 Å². The minimum Gasteiger partial charge on any atom is -0.490 e. The molecule has 0 saturated heterocycles. The SMILES string of the molecule is CC(=O)Nc1cn2nc(-c3cc(C(=O)NCc4cc(F)cc(F)c4OCC4CC4)cnc3C)ccc2n1. The van der Waals surface area contributed by atoms with Crippen LogP contribution in [0.15, 0.2) is 42.7 Å². The Morgan fingerprint density at radius 2 is 2.00 bits per heavy atom. The Morgan fingerprint density at radius 1 is 1.19 bits per heavy atom. The molecule has 0 atom stereocenters. The number of rotatable bonds is 8. The molecule has 37 heavy (non-hydrogen) atoms. The van der Waals surface area contributed by atoms with Crippen molar-refractivity contribution in [3.05, 3.63) is 71.2 Å². The molecule has 4 aromatic rings. The molecule has 0 unspecified atom stereocenters. The van der Waals surface area contributed by atoms with E-state index in [-0.39, 0.29) is 29.3 Å². The first kappa shape index (κ1) is 24.3. The van der Waals surface area contributed by atoms with E-state index in [2.05, 4.69) is 25.7 Å². The number of imidazole rings is 1. The maximum atomic E-state index is 14.4. The van der Waals surface area contributed by atoms with Crippen LogP contribution < -0.4 is 15.4 Å². The normalized spacial score (nSPS) is 13.0. The van der Waals surface area contributed by atoms with Gasteiger partial charge in [0.2, 0.25) is 5.91 Å². The van der Waals surface area contributed by atoms with Gasteiger partial charge in [-0.3, -0.25) is 14.6 Å². The lowest BCUT2D eigenvalue weighted by Crippen LogP contribution is -2.24. The Hall–Kier alpha value is -4.41. The molecule has 0 aliphatic heterocycles. The predicted octanol–water partition coefficient (Wildman–Crippen LogP) is 4.06. The highest BCUT2D eigenvalue weighted by Crippen LogP contribution is 2.32. The van der Waals surface area contributed by atoms with Crippen LogP contribution in [0.4, 0.5) is 14.6 Å². The first-order valence-electron chi connectivity index (χ1n) is 11.8. The first-order valence-corrected chi connectivity index (χ1v) is 11.8. The van der Waals surface area contributed by atoms with Crippen molar-refractivity contribution in [3.8, 4) is 17.0 Å². The lowest BCUT2D eigenvalue weighted by atomic mass is 10.1. The molecule has 1 aliphatic rings. The summed E-state index contributed by atoms with van der Waals surface area (Å²) in [5.74, 6) is -1.55. The van der Waals surface area contributed by atoms with E-state index in [0.29, 0.717) is 40.9 Å². The van der Waals surface area contributed by atoms with Gasteiger partial charge in [0.1, 0.15) is 5.82 Å². The molecule has 1 saturated carbocycles. The Labute approximate surface area is 210 Å². The number of amides is 2. The average molecular weight is 507 g/mol. The van der Waals surface area contributed by atoms with Crippen molar-refractivity contribution in [1.29, 1.82) is 0 Å². The lowest BCUT2D eigenvalue weighted by Gasteiger charge is -2.14. The van der Waals surface area contributed by atoms with Crippen molar-refractivity contribution >= 4 is 23.3 Å². The maximum absolute atomic E-state index is 14.4. The molecule has 2 amide bonds. The summed E-state index contributed by atoms with van der Waals surface area (Å²) in [6.07, 6.45) is 5.06. The number of carbonyl (C=O) groups is 2. The fraction of sp³-hybridized carbons (Fsp3) is 0.269. The highest BCUT2D eigenvalue weighted by atomic mass is 19.1. The van der Waals surface area contributed by atoms with Crippen LogP contribution in [0, 0.1) is 24.5 Å². The quantitative estimate of drug-likeness (QED) is 0.373. The van der Waals surface area contributed by atoms with E-state index < -0.39 is 17.5 Å². The summed E-state index contributed by atoms with van der Waals surface area (Å²) in [7, 11) is 0. The summed E-state index contributed by atoms with van der Waals surface area (Å²) in [5, 5.41) is 9.84. The van der Waals surface area contributed by atoms with Crippen LogP contribution in [-0.2, 0) is 11.3 Å². The molecule has 3 aromatic heterocycles. The first-order chi connectivity index (χ1) is 17.8. The van der Waals surface area contributed by atoms with Crippen molar-refractivity contribution in [2.45, 2.75) is 33.2 Å². The zero-order chi connectivity index (χ0) is 26.1. The van der Waals surface area contributed by atoms with Crippen LogP contribution >= 0.6 is 0 Å². The van der Waals surface area contributed by atoms with Gasteiger partial charge in [0.25, 0.3) is 5.91 Å². The van der Waals surface area contributed by atoms with Gasteiger partial charge in [-0.1, -0.05) is 0 Å². The third-order valence-electron chi connectivity index (χ3n) is 5.93. The van der Waals surface area contributed by atoms with Gasteiger partial charge in [0.05, 0.1) is 24.1 Å². The fourth-order valence-electron chi connectivity index (χ4n) is 3.85. The Morgan fingerprint density at radius 3 is 2.76 bits per heavy atom. The van der Waals surface area contributed by atoms with Crippen LogP contribution in [0.3, 0.4) is 0 Å². The molecule has 0 spiro atoms. The van der Waals surface area contributed by atoms with E-state index in [1.165, 1.54) is 17.6 Å². The van der Waals surface area contributed by atoms with E-state index in [1.54, 1.807) is 31.3 Å². The number of halogens is 2. The van der Waals surface area contributed by atoms with E-state index in [0.717, 1.165) is 25.0 Å². The largest absolute Gasteiger partial charge is 0.490 e. The number of anilines is 1. The molecular weight excluding hydrogens is 482 g/mol. The monoisotopic (exact) mass is 506 g/mol. The van der Waals surface area contributed by atoms with Crippen LogP contribution in [-0.4, -0.2) is 38.0 Å².